The highest BCUT2D eigenvalue weighted by atomic mass is 28.4. The van der Waals surface area contributed by atoms with Gasteiger partial charge >= 0.3 is 0 Å². The van der Waals surface area contributed by atoms with Gasteiger partial charge in [0.1, 0.15) is 0 Å². The van der Waals surface area contributed by atoms with E-state index in [0.717, 1.165) is 18.0 Å². The van der Waals surface area contributed by atoms with Crippen molar-refractivity contribution in [3.63, 3.8) is 0 Å². The molecule has 0 amide bonds. The van der Waals surface area contributed by atoms with E-state index < -0.39 is 14.4 Å². The topological polar surface area (TPSA) is 46.5 Å². The molecular weight excluding hydrogens is 244 g/mol. The molecule has 0 spiro atoms. The fourth-order valence-corrected chi connectivity index (χ4v) is 4.20. The van der Waals surface area contributed by atoms with E-state index in [1.807, 2.05) is 30.3 Å². The first-order valence-electron chi connectivity index (χ1n) is 6.44. The Bertz CT molecular complexity index is 416. The maximum absolute atomic E-state index is 11.9. The van der Waals surface area contributed by atoms with Gasteiger partial charge in [0.15, 0.2) is 0 Å². The molecule has 0 radical (unpaired) electrons. The van der Waals surface area contributed by atoms with Gasteiger partial charge in [0, 0.05) is 0 Å². The number of carbonyl (C=O) groups excluding carboxylic acids is 1. The van der Waals surface area contributed by atoms with E-state index in [1.54, 1.807) is 0 Å². The Morgan fingerprint density at radius 3 is 2.67 bits per heavy atom. The standard InChI is InChI=1S/C14H20O3Si/c1-18(2)9-8-12(14(16)17-18)10-13(15)11-6-4-3-5-7-11/h3-7,12-13,15H,8-10H2,1-2H3/t12-,13-/m1/s1. The lowest BCUT2D eigenvalue weighted by Crippen LogP contribution is -2.41. The Kier molecular flexibility index (Phi) is 3.87. The first-order chi connectivity index (χ1) is 8.48. The van der Waals surface area contributed by atoms with Crippen LogP contribution in [0.2, 0.25) is 19.1 Å². The Morgan fingerprint density at radius 1 is 1.39 bits per heavy atom. The predicted molar refractivity (Wildman–Crippen MR) is 72.5 cm³/mol. The van der Waals surface area contributed by atoms with Gasteiger partial charge in [-0.05, 0) is 37.5 Å². The molecule has 0 saturated carbocycles. The monoisotopic (exact) mass is 264 g/mol. The zero-order valence-electron chi connectivity index (χ0n) is 10.9. The lowest BCUT2D eigenvalue weighted by Gasteiger charge is -2.33. The van der Waals surface area contributed by atoms with Gasteiger partial charge in [-0.25, -0.2) is 0 Å². The quantitative estimate of drug-likeness (QED) is 0.854. The fourth-order valence-electron chi connectivity index (χ4n) is 2.34. The zero-order chi connectivity index (χ0) is 13.2. The normalized spacial score (nSPS) is 24.4. The molecule has 1 aromatic rings. The molecule has 1 N–H and O–H groups in total. The first kappa shape index (κ1) is 13.3. The Balaban J connectivity index is 1.96. The zero-order valence-corrected chi connectivity index (χ0v) is 11.9. The molecule has 18 heavy (non-hydrogen) atoms. The van der Waals surface area contributed by atoms with Crippen molar-refractivity contribution < 1.29 is 14.3 Å². The maximum atomic E-state index is 11.9. The van der Waals surface area contributed by atoms with E-state index in [9.17, 15) is 9.90 Å². The van der Waals surface area contributed by atoms with Crippen LogP contribution in [0.5, 0.6) is 0 Å². The summed E-state index contributed by atoms with van der Waals surface area (Å²) in [5.41, 5.74) is 0.868. The highest BCUT2D eigenvalue weighted by molar-refractivity contribution is 6.73. The highest BCUT2D eigenvalue weighted by Gasteiger charge is 2.37. The third-order valence-corrected chi connectivity index (χ3v) is 5.74. The second-order valence-corrected chi connectivity index (χ2v) is 9.80. The van der Waals surface area contributed by atoms with Gasteiger partial charge in [-0.1, -0.05) is 30.3 Å². The van der Waals surface area contributed by atoms with Gasteiger partial charge in [0.2, 0.25) is 8.32 Å². The van der Waals surface area contributed by atoms with Crippen molar-refractivity contribution in [2.24, 2.45) is 5.92 Å². The lowest BCUT2D eigenvalue weighted by atomic mass is 9.95. The van der Waals surface area contributed by atoms with Crippen molar-refractivity contribution in [1.29, 1.82) is 0 Å². The Morgan fingerprint density at radius 2 is 2.06 bits per heavy atom. The van der Waals surface area contributed by atoms with Crippen LogP contribution in [0.15, 0.2) is 30.3 Å². The minimum Gasteiger partial charge on any atom is -0.519 e. The Labute approximate surface area is 109 Å². The number of benzene rings is 1. The van der Waals surface area contributed by atoms with E-state index in [2.05, 4.69) is 13.1 Å². The number of carbonyl (C=O) groups is 1. The van der Waals surface area contributed by atoms with Crippen LogP contribution in [-0.4, -0.2) is 19.4 Å². The molecule has 0 aromatic heterocycles. The van der Waals surface area contributed by atoms with Crippen molar-refractivity contribution in [2.75, 3.05) is 0 Å². The smallest absolute Gasteiger partial charge is 0.295 e. The molecule has 1 aromatic carbocycles. The molecular formula is C14H20O3Si. The molecule has 1 fully saturated rings. The van der Waals surface area contributed by atoms with E-state index in [0.29, 0.717) is 6.42 Å². The van der Waals surface area contributed by atoms with E-state index in [1.165, 1.54) is 0 Å². The van der Waals surface area contributed by atoms with Crippen LogP contribution in [0.25, 0.3) is 0 Å². The average molecular weight is 264 g/mol. The van der Waals surface area contributed by atoms with Crippen LogP contribution in [0.3, 0.4) is 0 Å². The average Bonchev–Trinajstić information content (AvgIpc) is 2.33. The van der Waals surface area contributed by atoms with Crippen molar-refractivity contribution in [1.82, 2.24) is 0 Å². The highest BCUT2D eigenvalue weighted by Crippen LogP contribution is 2.32. The first-order valence-corrected chi connectivity index (χ1v) is 9.55. The van der Waals surface area contributed by atoms with Crippen molar-refractivity contribution in [2.45, 2.75) is 38.1 Å². The van der Waals surface area contributed by atoms with Crippen LogP contribution in [-0.2, 0) is 9.22 Å². The van der Waals surface area contributed by atoms with Crippen molar-refractivity contribution >= 4 is 14.3 Å². The summed E-state index contributed by atoms with van der Waals surface area (Å²) in [4.78, 5) is 11.9. The minimum absolute atomic E-state index is 0.118. The van der Waals surface area contributed by atoms with Crippen LogP contribution >= 0.6 is 0 Å². The van der Waals surface area contributed by atoms with Crippen LogP contribution in [0, 0.1) is 5.92 Å². The maximum Gasteiger partial charge on any atom is 0.295 e. The van der Waals surface area contributed by atoms with Crippen molar-refractivity contribution in [3.05, 3.63) is 35.9 Å². The summed E-state index contributed by atoms with van der Waals surface area (Å²) in [5, 5.41) is 10.1. The van der Waals surface area contributed by atoms with Crippen molar-refractivity contribution in [3.8, 4) is 0 Å². The minimum atomic E-state index is -1.76. The van der Waals surface area contributed by atoms with Gasteiger partial charge in [0.25, 0.3) is 5.97 Å². The van der Waals surface area contributed by atoms with Gasteiger partial charge in [-0.15, -0.1) is 0 Å². The summed E-state index contributed by atoms with van der Waals surface area (Å²) in [6.07, 6.45) is 0.738. The predicted octanol–water partition coefficient (Wildman–Crippen LogP) is 2.88. The fraction of sp³-hybridized carbons (Fsp3) is 0.500. The summed E-state index contributed by atoms with van der Waals surface area (Å²) < 4.78 is 5.51. The Hall–Kier alpha value is -1.13. The summed E-state index contributed by atoms with van der Waals surface area (Å²) in [7, 11) is -1.76. The molecule has 0 bridgehead atoms. The number of rotatable bonds is 3. The molecule has 4 heteroatoms. The van der Waals surface area contributed by atoms with Gasteiger partial charge in [-0.2, -0.15) is 0 Å². The van der Waals surface area contributed by atoms with Gasteiger partial charge in [-0.3, -0.25) is 4.79 Å². The molecule has 98 valence electrons. The number of aliphatic hydroxyl groups is 1. The molecule has 3 nitrogen and oxygen atoms in total. The van der Waals surface area contributed by atoms with E-state index in [-0.39, 0.29) is 11.9 Å². The summed E-state index contributed by atoms with van der Waals surface area (Å²) in [6, 6.07) is 10.5. The number of aliphatic hydroxyl groups excluding tert-OH is 1. The molecule has 1 heterocycles. The number of hydrogen-bond donors (Lipinski definition) is 1. The van der Waals surface area contributed by atoms with E-state index >= 15 is 0 Å². The van der Waals surface area contributed by atoms with Crippen LogP contribution in [0.4, 0.5) is 0 Å². The largest absolute Gasteiger partial charge is 0.519 e. The summed E-state index contributed by atoms with van der Waals surface area (Å²) >= 11 is 0. The SMILES string of the molecule is C[Si]1(C)CC[C@H](C[C@@H](O)c2ccccc2)C(=O)O1. The number of hydrogen-bond acceptors (Lipinski definition) is 3. The summed E-state index contributed by atoms with van der Waals surface area (Å²) in [6.45, 7) is 4.13. The lowest BCUT2D eigenvalue weighted by molar-refractivity contribution is -0.142. The molecule has 2 atom stereocenters. The van der Waals surface area contributed by atoms with Gasteiger partial charge in [0.05, 0.1) is 12.0 Å². The third kappa shape index (κ3) is 3.20. The molecule has 1 aliphatic heterocycles. The molecule has 2 rings (SSSR count). The molecule has 0 unspecified atom stereocenters. The van der Waals surface area contributed by atoms with Crippen LogP contribution in [0.1, 0.15) is 24.5 Å². The van der Waals surface area contributed by atoms with Gasteiger partial charge < -0.3 is 9.53 Å². The third-order valence-electron chi connectivity index (χ3n) is 3.50. The molecule has 1 saturated heterocycles. The second-order valence-electron chi connectivity index (χ2n) is 5.58. The summed E-state index contributed by atoms with van der Waals surface area (Å²) in [5.74, 6) is -0.270. The molecule has 0 aliphatic carbocycles. The second kappa shape index (κ2) is 5.24. The van der Waals surface area contributed by atoms with E-state index in [4.69, 9.17) is 4.43 Å². The van der Waals surface area contributed by atoms with Crippen LogP contribution < -0.4 is 0 Å². The molecule has 1 aliphatic rings.